The van der Waals surface area contributed by atoms with Crippen molar-refractivity contribution >= 4 is 32.5 Å². The first-order valence-corrected chi connectivity index (χ1v) is 8.62. The first kappa shape index (κ1) is 15.0. The molecule has 0 saturated heterocycles. The second kappa shape index (κ2) is 5.85. The molecule has 0 fully saturated rings. The number of nitrogens with zero attached hydrogens (tertiary/aromatic N) is 3. The molecule has 3 heterocycles. The van der Waals surface area contributed by atoms with Crippen molar-refractivity contribution in [2.24, 2.45) is 7.05 Å². The molecule has 0 aliphatic heterocycles. The van der Waals surface area contributed by atoms with Crippen LogP contribution in [0.1, 0.15) is 24.4 Å². The number of H-pyrrole nitrogens is 1. The summed E-state index contributed by atoms with van der Waals surface area (Å²) < 4.78 is 2.90. The normalized spacial score (nSPS) is 12.9. The third-order valence-corrected chi connectivity index (χ3v) is 5.19. The molecular formula is C17H17N5OS. The van der Waals surface area contributed by atoms with E-state index in [1.54, 1.807) is 29.3 Å². The fraction of sp³-hybridized carbons (Fsp3) is 0.235. The second-order valence-electron chi connectivity index (χ2n) is 5.81. The smallest absolute Gasteiger partial charge is 0.262 e. The molecule has 1 aromatic carbocycles. The highest BCUT2D eigenvalue weighted by Gasteiger charge is 2.12. The molecule has 122 valence electrons. The maximum atomic E-state index is 12.1. The van der Waals surface area contributed by atoms with Crippen molar-refractivity contribution in [3.63, 3.8) is 0 Å². The molecule has 4 rings (SSSR count). The van der Waals surface area contributed by atoms with Crippen LogP contribution in [0.3, 0.4) is 0 Å². The van der Waals surface area contributed by atoms with E-state index >= 15 is 0 Å². The zero-order chi connectivity index (χ0) is 16.7. The number of benzene rings is 1. The lowest BCUT2D eigenvalue weighted by Gasteiger charge is -2.13. The molecule has 0 amide bonds. The van der Waals surface area contributed by atoms with E-state index in [1.807, 2.05) is 0 Å². The van der Waals surface area contributed by atoms with Crippen molar-refractivity contribution < 1.29 is 0 Å². The summed E-state index contributed by atoms with van der Waals surface area (Å²) in [5.41, 5.74) is 1.71. The molecule has 7 heteroatoms. The first-order valence-electron chi connectivity index (χ1n) is 7.74. The first-order chi connectivity index (χ1) is 11.6. The number of rotatable bonds is 4. The molecule has 0 unspecified atom stereocenters. The van der Waals surface area contributed by atoms with Gasteiger partial charge < -0.3 is 10.3 Å². The molecule has 0 aliphatic rings. The zero-order valence-corrected chi connectivity index (χ0v) is 14.2. The molecule has 0 spiro atoms. The van der Waals surface area contributed by atoms with Crippen molar-refractivity contribution in [3.05, 3.63) is 57.6 Å². The van der Waals surface area contributed by atoms with Crippen LogP contribution in [-0.2, 0) is 13.6 Å². The lowest BCUT2D eigenvalue weighted by atomic mass is 10.1. The van der Waals surface area contributed by atoms with E-state index in [1.165, 1.54) is 15.6 Å². The molecule has 4 aromatic rings. The van der Waals surface area contributed by atoms with Crippen molar-refractivity contribution in [2.75, 3.05) is 0 Å². The average molecular weight is 339 g/mol. The highest BCUT2D eigenvalue weighted by atomic mass is 32.1. The minimum atomic E-state index is -0.154. The second-order valence-corrected chi connectivity index (χ2v) is 6.72. The highest BCUT2D eigenvalue weighted by molar-refractivity contribution is 7.17. The van der Waals surface area contributed by atoms with E-state index in [2.05, 4.69) is 57.0 Å². The number of nitrogens with one attached hydrogen (secondary N) is 2. The van der Waals surface area contributed by atoms with E-state index in [-0.39, 0.29) is 11.6 Å². The molecule has 0 saturated carbocycles. The Bertz CT molecular complexity index is 1080. The number of thiophene rings is 1. The van der Waals surface area contributed by atoms with Crippen LogP contribution in [0, 0.1) is 0 Å². The van der Waals surface area contributed by atoms with Crippen LogP contribution >= 0.6 is 11.3 Å². The molecule has 24 heavy (non-hydrogen) atoms. The van der Waals surface area contributed by atoms with E-state index in [4.69, 9.17) is 0 Å². The minimum Gasteiger partial charge on any atom is -0.309 e. The largest absolute Gasteiger partial charge is 0.309 e. The monoisotopic (exact) mass is 339 g/mol. The Labute approximate surface area is 142 Å². The Hall–Kier alpha value is -2.51. The van der Waals surface area contributed by atoms with Crippen molar-refractivity contribution in [2.45, 2.75) is 19.5 Å². The SMILES string of the molecule is C[C@@H](NCc1nc2c(cnn2C)c(=O)[nH]1)c1csc2ccccc12. The van der Waals surface area contributed by atoms with E-state index in [9.17, 15) is 4.79 Å². The fourth-order valence-electron chi connectivity index (χ4n) is 2.86. The van der Waals surface area contributed by atoms with Gasteiger partial charge in [-0.3, -0.25) is 9.48 Å². The number of hydrogen-bond acceptors (Lipinski definition) is 5. The van der Waals surface area contributed by atoms with E-state index in [0.717, 1.165) is 0 Å². The van der Waals surface area contributed by atoms with Crippen LogP contribution in [-0.4, -0.2) is 19.7 Å². The molecule has 1 atom stereocenters. The van der Waals surface area contributed by atoms with Crippen LogP contribution in [0.4, 0.5) is 0 Å². The molecule has 0 bridgehead atoms. The van der Waals surface area contributed by atoms with Crippen LogP contribution in [0.2, 0.25) is 0 Å². The van der Waals surface area contributed by atoms with Gasteiger partial charge in [-0.25, -0.2) is 4.98 Å². The summed E-state index contributed by atoms with van der Waals surface area (Å²) in [5, 5.41) is 11.5. The quantitative estimate of drug-likeness (QED) is 0.599. The van der Waals surface area contributed by atoms with Crippen LogP contribution in [0.5, 0.6) is 0 Å². The number of hydrogen-bond donors (Lipinski definition) is 2. The molecular weight excluding hydrogens is 322 g/mol. The third-order valence-electron chi connectivity index (χ3n) is 4.20. The van der Waals surface area contributed by atoms with Crippen molar-refractivity contribution in [1.29, 1.82) is 0 Å². The topological polar surface area (TPSA) is 75.6 Å². The number of aryl methyl sites for hydroxylation is 1. The Morgan fingerprint density at radius 3 is 3.04 bits per heavy atom. The Morgan fingerprint density at radius 1 is 1.33 bits per heavy atom. The van der Waals surface area contributed by atoms with Gasteiger partial charge in [-0.2, -0.15) is 5.10 Å². The lowest BCUT2D eigenvalue weighted by molar-refractivity contribution is 0.563. The summed E-state index contributed by atoms with van der Waals surface area (Å²) in [6.45, 7) is 2.61. The minimum absolute atomic E-state index is 0.154. The molecule has 3 aromatic heterocycles. The lowest BCUT2D eigenvalue weighted by Crippen LogP contribution is -2.22. The molecule has 0 radical (unpaired) electrons. The van der Waals surface area contributed by atoms with Crippen LogP contribution in [0.15, 0.2) is 40.6 Å². The summed E-state index contributed by atoms with van der Waals surface area (Å²) in [6, 6.07) is 8.54. The van der Waals surface area contributed by atoms with Gasteiger partial charge in [0.25, 0.3) is 5.56 Å². The fourth-order valence-corrected chi connectivity index (χ4v) is 3.91. The van der Waals surface area contributed by atoms with E-state index in [0.29, 0.717) is 23.4 Å². The third kappa shape index (κ3) is 2.51. The van der Waals surface area contributed by atoms with Gasteiger partial charge in [0, 0.05) is 17.8 Å². The molecule has 6 nitrogen and oxygen atoms in total. The predicted octanol–water partition coefficient (Wildman–Crippen LogP) is 2.72. The van der Waals surface area contributed by atoms with Crippen LogP contribution < -0.4 is 10.9 Å². The Morgan fingerprint density at radius 2 is 2.17 bits per heavy atom. The number of aromatic amines is 1. The summed E-state index contributed by atoms with van der Waals surface area (Å²) >= 11 is 1.75. The highest BCUT2D eigenvalue weighted by Crippen LogP contribution is 2.30. The predicted molar refractivity (Wildman–Crippen MR) is 96.2 cm³/mol. The van der Waals surface area contributed by atoms with Gasteiger partial charge in [-0.05, 0) is 29.3 Å². The maximum absolute atomic E-state index is 12.1. The van der Waals surface area contributed by atoms with Gasteiger partial charge in [-0.15, -0.1) is 11.3 Å². The van der Waals surface area contributed by atoms with Gasteiger partial charge in [0.1, 0.15) is 11.2 Å². The Balaban J connectivity index is 1.58. The maximum Gasteiger partial charge on any atom is 0.262 e. The van der Waals surface area contributed by atoms with Crippen molar-refractivity contribution in [3.8, 4) is 0 Å². The summed E-state index contributed by atoms with van der Waals surface area (Å²) in [6.07, 6.45) is 1.54. The Kier molecular flexibility index (Phi) is 3.66. The number of fused-ring (bicyclic) bond motifs is 2. The van der Waals surface area contributed by atoms with Gasteiger partial charge >= 0.3 is 0 Å². The van der Waals surface area contributed by atoms with Gasteiger partial charge in [0.05, 0.1) is 12.7 Å². The molecule has 2 N–H and O–H groups in total. The van der Waals surface area contributed by atoms with Gasteiger partial charge in [0.15, 0.2) is 5.65 Å². The van der Waals surface area contributed by atoms with Crippen LogP contribution in [0.25, 0.3) is 21.1 Å². The zero-order valence-electron chi connectivity index (χ0n) is 13.4. The number of aromatic nitrogens is 4. The standard InChI is InChI=1S/C17H17N5OS/c1-10(13-9-24-14-6-4-3-5-11(13)14)18-8-15-20-16-12(17(23)21-15)7-19-22(16)2/h3-7,9-10,18H,8H2,1-2H3,(H,20,21,23)/t10-/m1/s1. The summed E-state index contributed by atoms with van der Waals surface area (Å²) in [7, 11) is 1.78. The molecule has 0 aliphatic carbocycles. The van der Waals surface area contributed by atoms with Gasteiger partial charge in [-0.1, -0.05) is 18.2 Å². The summed E-state index contributed by atoms with van der Waals surface area (Å²) in [4.78, 5) is 19.4. The summed E-state index contributed by atoms with van der Waals surface area (Å²) in [5.74, 6) is 0.613. The van der Waals surface area contributed by atoms with Gasteiger partial charge in [0.2, 0.25) is 0 Å². The average Bonchev–Trinajstić information content (AvgIpc) is 3.17. The van der Waals surface area contributed by atoms with E-state index < -0.39 is 0 Å². The van der Waals surface area contributed by atoms with Crippen molar-refractivity contribution in [1.82, 2.24) is 25.1 Å².